The maximum Gasteiger partial charge on any atom is 0.433 e. The highest BCUT2D eigenvalue weighted by molar-refractivity contribution is 5.43. The highest BCUT2D eigenvalue weighted by Crippen LogP contribution is 2.48. The van der Waals surface area contributed by atoms with E-state index in [4.69, 9.17) is 5.11 Å². The molecule has 1 aromatic rings. The van der Waals surface area contributed by atoms with Crippen LogP contribution in [0.15, 0.2) is 6.07 Å². The van der Waals surface area contributed by atoms with E-state index in [0.29, 0.717) is 13.0 Å². The Morgan fingerprint density at radius 2 is 2.05 bits per heavy atom. The Bertz CT molecular complexity index is 474. The second-order valence-corrected chi connectivity index (χ2v) is 5.04. The quantitative estimate of drug-likeness (QED) is 0.748. The van der Waals surface area contributed by atoms with Gasteiger partial charge in [0.15, 0.2) is 5.69 Å². The van der Waals surface area contributed by atoms with E-state index >= 15 is 0 Å². The molecule has 0 aromatic carbocycles. The van der Waals surface area contributed by atoms with Crippen LogP contribution in [-0.4, -0.2) is 35.3 Å². The zero-order valence-corrected chi connectivity index (χ0v) is 11.1. The predicted molar refractivity (Wildman–Crippen MR) is 68.4 cm³/mol. The summed E-state index contributed by atoms with van der Waals surface area (Å²) in [5.74, 6) is 0.0650. The molecule has 0 bridgehead atoms. The van der Waals surface area contributed by atoms with Crippen LogP contribution in [0.5, 0.6) is 0 Å². The van der Waals surface area contributed by atoms with Crippen molar-refractivity contribution in [2.75, 3.05) is 30.8 Å². The number of anilines is 2. The number of aliphatic hydroxyl groups excluding tert-OH is 1. The number of alkyl halides is 3. The number of nitrogens with zero attached hydrogens (tertiary/aromatic N) is 2. The Labute approximate surface area is 114 Å². The molecule has 0 amide bonds. The van der Waals surface area contributed by atoms with Crippen molar-refractivity contribution in [1.82, 2.24) is 9.97 Å². The van der Waals surface area contributed by atoms with Crippen molar-refractivity contribution in [3.63, 3.8) is 0 Å². The van der Waals surface area contributed by atoms with Crippen LogP contribution in [0.3, 0.4) is 0 Å². The van der Waals surface area contributed by atoms with Crippen LogP contribution in [-0.2, 0) is 6.18 Å². The van der Waals surface area contributed by atoms with E-state index in [9.17, 15) is 13.2 Å². The lowest BCUT2D eigenvalue weighted by molar-refractivity contribution is -0.141. The first-order valence-corrected chi connectivity index (χ1v) is 6.37. The van der Waals surface area contributed by atoms with E-state index in [2.05, 4.69) is 20.6 Å². The van der Waals surface area contributed by atoms with Crippen molar-refractivity contribution in [2.45, 2.75) is 25.4 Å². The van der Waals surface area contributed by atoms with Gasteiger partial charge in [0.2, 0.25) is 5.95 Å². The predicted octanol–water partition coefficient (Wildman–Crippen LogP) is 2.11. The number of aliphatic hydroxyl groups is 1. The van der Waals surface area contributed by atoms with Gasteiger partial charge >= 0.3 is 6.18 Å². The fourth-order valence-corrected chi connectivity index (χ4v) is 2.00. The van der Waals surface area contributed by atoms with Crippen molar-refractivity contribution in [3.8, 4) is 0 Å². The molecule has 112 valence electrons. The fourth-order valence-electron chi connectivity index (χ4n) is 2.00. The highest BCUT2D eigenvalue weighted by Gasteiger charge is 2.41. The fraction of sp³-hybridized carbons (Fsp3) is 0.667. The third-order valence-corrected chi connectivity index (χ3v) is 3.48. The number of aromatic nitrogens is 2. The molecule has 0 aliphatic heterocycles. The number of rotatable bonds is 6. The summed E-state index contributed by atoms with van der Waals surface area (Å²) >= 11 is 0. The number of nitrogens with one attached hydrogen (secondary N) is 2. The Morgan fingerprint density at radius 3 is 2.55 bits per heavy atom. The van der Waals surface area contributed by atoms with Crippen LogP contribution in [0.4, 0.5) is 24.9 Å². The van der Waals surface area contributed by atoms with Gasteiger partial charge in [-0.1, -0.05) is 0 Å². The van der Waals surface area contributed by atoms with Gasteiger partial charge in [-0.3, -0.25) is 0 Å². The summed E-state index contributed by atoms with van der Waals surface area (Å²) in [5, 5.41) is 14.4. The highest BCUT2D eigenvalue weighted by atomic mass is 19.4. The Balaban J connectivity index is 2.11. The minimum absolute atomic E-state index is 0.00208. The summed E-state index contributed by atoms with van der Waals surface area (Å²) in [6.45, 7) is 0.589. The van der Waals surface area contributed by atoms with Crippen molar-refractivity contribution < 1.29 is 18.3 Å². The van der Waals surface area contributed by atoms with Gasteiger partial charge in [-0.15, -0.1) is 0 Å². The second kappa shape index (κ2) is 5.43. The summed E-state index contributed by atoms with van der Waals surface area (Å²) in [5.41, 5.74) is -0.982. The maximum absolute atomic E-state index is 12.7. The molecule has 0 unspecified atom stereocenters. The first kappa shape index (κ1) is 14.8. The Hall–Kier alpha value is -1.57. The number of hydrogen-bond acceptors (Lipinski definition) is 5. The average molecular weight is 290 g/mol. The normalized spacial score (nSPS) is 16.9. The van der Waals surface area contributed by atoms with Crippen molar-refractivity contribution >= 4 is 11.8 Å². The maximum atomic E-state index is 12.7. The molecule has 20 heavy (non-hydrogen) atoms. The van der Waals surface area contributed by atoms with Crippen LogP contribution < -0.4 is 10.6 Å². The van der Waals surface area contributed by atoms with Crippen molar-refractivity contribution in [2.24, 2.45) is 5.41 Å². The minimum Gasteiger partial charge on any atom is -0.396 e. The molecule has 1 saturated carbocycles. The van der Waals surface area contributed by atoms with Gasteiger partial charge in [-0.2, -0.15) is 18.2 Å². The monoisotopic (exact) mass is 290 g/mol. The summed E-state index contributed by atoms with van der Waals surface area (Å²) in [4.78, 5) is 7.35. The van der Waals surface area contributed by atoms with Gasteiger partial charge in [-0.05, 0) is 24.7 Å². The third kappa shape index (κ3) is 3.50. The van der Waals surface area contributed by atoms with E-state index in [1.165, 1.54) is 7.05 Å². The molecular formula is C12H17F3N4O. The van der Waals surface area contributed by atoms with Crippen LogP contribution in [0.2, 0.25) is 0 Å². The zero-order chi connectivity index (χ0) is 14.8. The molecule has 1 fully saturated rings. The smallest absolute Gasteiger partial charge is 0.396 e. The molecule has 0 saturated heterocycles. The molecule has 0 radical (unpaired) electrons. The topological polar surface area (TPSA) is 70.1 Å². The van der Waals surface area contributed by atoms with Gasteiger partial charge in [0, 0.05) is 26.3 Å². The average Bonchev–Trinajstić information content (AvgIpc) is 3.16. The van der Waals surface area contributed by atoms with Gasteiger partial charge in [0.05, 0.1) is 0 Å². The standard InChI is InChI=1S/C12H17F3N4O/c1-16-10-18-8(12(13,14)15)6-9(19-10)17-7-11(2-3-11)4-5-20/h6,20H,2-5,7H2,1H3,(H2,16,17,18,19). The van der Waals surface area contributed by atoms with E-state index < -0.39 is 11.9 Å². The van der Waals surface area contributed by atoms with E-state index in [0.717, 1.165) is 18.9 Å². The van der Waals surface area contributed by atoms with E-state index in [1.807, 2.05) is 0 Å². The van der Waals surface area contributed by atoms with Gasteiger partial charge in [-0.25, -0.2) is 4.98 Å². The lowest BCUT2D eigenvalue weighted by Gasteiger charge is -2.16. The number of halogens is 3. The SMILES string of the molecule is CNc1nc(NCC2(CCO)CC2)cc(C(F)(F)F)n1. The van der Waals surface area contributed by atoms with Crippen molar-refractivity contribution in [3.05, 3.63) is 11.8 Å². The lowest BCUT2D eigenvalue weighted by Crippen LogP contribution is -2.19. The lowest BCUT2D eigenvalue weighted by atomic mass is 10.0. The Kier molecular flexibility index (Phi) is 4.03. The van der Waals surface area contributed by atoms with Crippen LogP contribution >= 0.6 is 0 Å². The van der Waals surface area contributed by atoms with E-state index in [1.54, 1.807) is 0 Å². The molecule has 0 atom stereocenters. The molecule has 1 aliphatic rings. The molecule has 8 heteroatoms. The first-order chi connectivity index (χ1) is 9.38. The Morgan fingerprint density at radius 1 is 1.35 bits per heavy atom. The minimum atomic E-state index is -4.51. The van der Waals surface area contributed by atoms with Crippen LogP contribution in [0.1, 0.15) is 25.0 Å². The molecule has 1 aliphatic carbocycles. The summed E-state index contributed by atoms with van der Waals surface area (Å²) in [7, 11) is 1.47. The van der Waals surface area contributed by atoms with Gasteiger partial charge in [0.25, 0.3) is 0 Å². The molecule has 2 rings (SSSR count). The van der Waals surface area contributed by atoms with Gasteiger partial charge < -0.3 is 15.7 Å². The third-order valence-electron chi connectivity index (χ3n) is 3.48. The molecule has 0 spiro atoms. The summed E-state index contributed by atoms with van der Waals surface area (Å²) < 4.78 is 38.1. The summed E-state index contributed by atoms with van der Waals surface area (Å²) in [6, 6.07) is 0.899. The molecule has 1 heterocycles. The molecule has 3 N–H and O–H groups in total. The molecule has 1 aromatic heterocycles. The molecule has 5 nitrogen and oxygen atoms in total. The molecular weight excluding hydrogens is 273 g/mol. The largest absolute Gasteiger partial charge is 0.433 e. The van der Waals surface area contributed by atoms with Crippen LogP contribution in [0.25, 0.3) is 0 Å². The van der Waals surface area contributed by atoms with Gasteiger partial charge in [0.1, 0.15) is 5.82 Å². The summed E-state index contributed by atoms with van der Waals surface area (Å²) in [6.07, 6.45) is -1.92. The van der Waals surface area contributed by atoms with Crippen LogP contribution in [0, 0.1) is 5.41 Å². The van der Waals surface area contributed by atoms with E-state index in [-0.39, 0.29) is 23.8 Å². The number of hydrogen-bond donors (Lipinski definition) is 3. The zero-order valence-electron chi connectivity index (χ0n) is 11.1. The van der Waals surface area contributed by atoms with Crippen molar-refractivity contribution in [1.29, 1.82) is 0 Å². The first-order valence-electron chi connectivity index (χ1n) is 6.37. The second-order valence-electron chi connectivity index (χ2n) is 5.04.